The molecule has 7 heteroatoms. The Morgan fingerprint density at radius 3 is 2.35 bits per heavy atom. The van der Waals surface area contributed by atoms with Crippen molar-refractivity contribution in [1.29, 1.82) is 0 Å². The molecule has 0 aliphatic carbocycles. The Hall–Kier alpha value is -4.26. The summed E-state index contributed by atoms with van der Waals surface area (Å²) in [5.74, 6) is 0.727. The van der Waals surface area contributed by atoms with Gasteiger partial charge in [0.1, 0.15) is 5.69 Å². The van der Waals surface area contributed by atoms with E-state index in [1.165, 1.54) is 0 Å². The molecule has 0 unspecified atom stereocenters. The zero-order chi connectivity index (χ0) is 24.1. The van der Waals surface area contributed by atoms with Gasteiger partial charge in [-0.05, 0) is 49.2 Å². The minimum atomic E-state index is -0.295. The predicted octanol–water partition coefficient (Wildman–Crippen LogP) is 4.72. The zero-order valence-corrected chi connectivity index (χ0v) is 19.4. The highest BCUT2D eigenvalue weighted by molar-refractivity contribution is 6.15. The number of aryl methyl sites for hydroxylation is 1. The maximum atomic E-state index is 13.1. The van der Waals surface area contributed by atoms with Crippen molar-refractivity contribution in [2.24, 2.45) is 0 Å². The van der Waals surface area contributed by atoms with Crippen LogP contribution in [0.15, 0.2) is 66.7 Å². The fraction of sp³-hybridized carbons (Fsp3) is 0.185. The Morgan fingerprint density at radius 2 is 1.62 bits per heavy atom. The molecule has 0 spiro atoms. The Balaban J connectivity index is 1.51. The molecule has 3 N–H and O–H groups in total. The van der Waals surface area contributed by atoms with Gasteiger partial charge in [0.05, 0.1) is 19.9 Å². The molecule has 1 aromatic heterocycles. The topological polar surface area (TPSA) is 92.5 Å². The fourth-order valence-electron chi connectivity index (χ4n) is 3.78. The first-order chi connectivity index (χ1) is 16.5. The van der Waals surface area contributed by atoms with Gasteiger partial charge in [-0.15, -0.1) is 0 Å². The van der Waals surface area contributed by atoms with E-state index in [9.17, 15) is 9.59 Å². The van der Waals surface area contributed by atoms with Crippen LogP contribution in [0, 0.1) is 6.92 Å². The van der Waals surface area contributed by atoms with E-state index in [-0.39, 0.29) is 11.8 Å². The second-order valence-corrected chi connectivity index (χ2v) is 7.94. The molecule has 4 rings (SSSR count). The molecule has 7 nitrogen and oxygen atoms in total. The molecule has 0 aliphatic rings. The van der Waals surface area contributed by atoms with Crippen molar-refractivity contribution in [2.75, 3.05) is 26.1 Å². The second kappa shape index (κ2) is 10.1. The van der Waals surface area contributed by atoms with Crippen LogP contribution in [-0.2, 0) is 6.42 Å². The smallest absolute Gasteiger partial charge is 0.269 e. The Labute approximate surface area is 198 Å². The van der Waals surface area contributed by atoms with Crippen molar-refractivity contribution in [3.05, 3.63) is 89.1 Å². The lowest BCUT2D eigenvalue weighted by Gasteiger charge is -2.11. The quantitative estimate of drug-likeness (QED) is 0.357. The number of amides is 2. The molecule has 0 aliphatic heterocycles. The first-order valence-electron chi connectivity index (χ1n) is 11.0. The summed E-state index contributed by atoms with van der Waals surface area (Å²) in [6.07, 6.45) is 0.609. The van der Waals surface area contributed by atoms with Crippen LogP contribution in [0.25, 0.3) is 10.9 Å². The van der Waals surface area contributed by atoms with Crippen molar-refractivity contribution in [3.8, 4) is 11.5 Å². The largest absolute Gasteiger partial charge is 0.493 e. The van der Waals surface area contributed by atoms with Crippen LogP contribution in [0.4, 0.5) is 5.69 Å². The monoisotopic (exact) mass is 457 g/mol. The molecule has 0 atom stereocenters. The van der Waals surface area contributed by atoms with Crippen LogP contribution in [0.3, 0.4) is 0 Å². The van der Waals surface area contributed by atoms with Gasteiger partial charge in [-0.25, -0.2) is 0 Å². The molecular formula is C27H27N3O4. The fourth-order valence-corrected chi connectivity index (χ4v) is 3.78. The lowest BCUT2D eigenvalue weighted by Crippen LogP contribution is -2.27. The number of nitrogens with one attached hydrogen (secondary N) is 3. The first-order valence-corrected chi connectivity index (χ1v) is 11.0. The van der Waals surface area contributed by atoms with Crippen LogP contribution in [0.1, 0.15) is 32.0 Å². The summed E-state index contributed by atoms with van der Waals surface area (Å²) >= 11 is 0. The zero-order valence-electron chi connectivity index (χ0n) is 19.4. The van der Waals surface area contributed by atoms with Crippen LogP contribution in [-0.4, -0.2) is 37.6 Å². The molecule has 2 amide bonds. The number of anilines is 1. The van der Waals surface area contributed by atoms with Gasteiger partial charge in [-0.3, -0.25) is 9.59 Å². The summed E-state index contributed by atoms with van der Waals surface area (Å²) in [7, 11) is 3.18. The highest BCUT2D eigenvalue weighted by Gasteiger charge is 2.20. The highest BCUT2D eigenvalue weighted by atomic mass is 16.5. The minimum Gasteiger partial charge on any atom is -0.493 e. The molecule has 1 heterocycles. The molecule has 0 bridgehead atoms. The van der Waals surface area contributed by atoms with Crippen LogP contribution in [0.2, 0.25) is 0 Å². The number of hydrogen-bond acceptors (Lipinski definition) is 4. The van der Waals surface area contributed by atoms with Gasteiger partial charge >= 0.3 is 0 Å². The maximum Gasteiger partial charge on any atom is 0.269 e. The Kier molecular flexibility index (Phi) is 6.82. The number of aromatic nitrogens is 1. The highest BCUT2D eigenvalue weighted by Crippen LogP contribution is 2.29. The number of benzene rings is 3. The second-order valence-electron chi connectivity index (χ2n) is 7.94. The van der Waals surface area contributed by atoms with E-state index in [0.29, 0.717) is 41.4 Å². The predicted molar refractivity (Wildman–Crippen MR) is 133 cm³/mol. The third kappa shape index (κ3) is 4.88. The lowest BCUT2D eigenvalue weighted by atomic mass is 10.1. The van der Waals surface area contributed by atoms with Gasteiger partial charge in [-0.1, -0.05) is 42.0 Å². The van der Waals surface area contributed by atoms with E-state index < -0.39 is 0 Å². The van der Waals surface area contributed by atoms with Gasteiger partial charge in [0.25, 0.3) is 11.8 Å². The van der Waals surface area contributed by atoms with E-state index in [1.807, 2.05) is 61.5 Å². The van der Waals surface area contributed by atoms with Gasteiger partial charge in [0, 0.05) is 23.0 Å². The van der Waals surface area contributed by atoms with E-state index in [2.05, 4.69) is 15.6 Å². The van der Waals surface area contributed by atoms with Crippen LogP contribution < -0.4 is 20.1 Å². The van der Waals surface area contributed by atoms with Crippen molar-refractivity contribution in [1.82, 2.24) is 10.3 Å². The minimum absolute atomic E-state index is 0.274. The average Bonchev–Trinajstić information content (AvgIpc) is 3.22. The van der Waals surface area contributed by atoms with Crippen molar-refractivity contribution >= 4 is 28.4 Å². The number of aromatic amines is 1. The molecule has 0 saturated heterocycles. The number of methoxy groups -OCH3 is 2. The summed E-state index contributed by atoms with van der Waals surface area (Å²) < 4.78 is 10.6. The number of ether oxygens (including phenoxy) is 2. The lowest BCUT2D eigenvalue weighted by molar-refractivity contribution is 0.0951. The third-order valence-corrected chi connectivity index (χ3v) is 5.63. The number of rotatable bonds is 8. The van der Waals surface area contributed by atoms with E-state index >= 15 is 0 Å². The molecule has 34 heavy (non-hydrogen) atoms. The van der Waals surface area contributed by atoms with E-state index in [4.69, 9.17) is 9.47 Å². The number of H-pyrrole nitrogens is 1. The van der Waals surface area contributed by atoms with Crippen molar-refractivity contribution in [2.45, 2.75) is 13.3 Å². The average molecular weight is 458 g/mol. The molecule has 3 aromatic carbocycles. The summed E-state index contributed by atoms with van der Waals surface area (Å²) in [6, 6.07) is 20.5. The summed E-state index contributed by atoms with van der Waals surface area (Å²) in [6.45, 7) is 2.38. The van der Waals surface area contributed by atoms with Gasteiger partial charge in [-0.2, -0.15) is 0 Å². The number of para-hydroxylation sites is 1. The summed E-state index contributed by atoms with van der Waals surface area (Å²) in [5.41, 5.74) is 4.14. The van der Waals surface area contributed by atoms with Crippen LogP contribution >= 0.6 is 0 Å². The standard InChI is InChI=1S/C27H27N3O4/c1-17-8-11-19(12-9-17)26(31)30-24-20-6-4-5-7-21(20)29-25(24)27(32)28-15-14-18-10-13-22(33-2)23(16-18)34-3/h4-13,16,29H,14-15H2,1-3H3,(H,28,32)(H,30,31). The maximum absolute atomic E-state index is 13.1. The molecule has 0 radical (unpaired) electrons. The number of carbonyl (C=O) groups is 2. The Bertz CT molecular complexity index is 1330. The van der Waals surface area contributed by atoms with Crippen LogP contribution in [0.5, 0.6) is 11.5 Å². The molecule has 0 fully saturated rings. The molecular weight excluding hydrogens is 430 g/mol. The van der Waals surface area contributed by atoms with E-state index in [0.717, 1.165) is 22.0 Å². The summed E-state index contributed by atoms with van der Waals surface area (Å²) in [5, 5.41) is 6.64. The van der Waals surface area contributed by atoms with Crippen molar-refractivity contribution in [3.63, 3.8) is 0 Å². The third-order valence-electron chi connectivity index (χ3n) is 5.63. The molecule has 174 valence electrons. The molecule has 4 aromatic rings. The number of carbonyl (C=O) groups excluding carboxylic acids is 2. The number of hydrogen-bond donors (Lipinski definition) is 3. The van der Waals surface area contributed by atoms with E-state index in [1.54, 1.807) is 26.4 Å². The van der Waals surface area contributed by atoms with Gasteiger partial charge < -0.3 is 25.1 Å². The summed E-state index contributed by atoms with van der Waals surface area (Å²) in [4.78, 5) is 29.1. The molecule has 0 saturated carbocycles. The Morgan fingerprint density at radius 1 is 0.882 bits per heavy atom. The van der Waals surface area contributed by atoms with Gasteiger partial charge in [0.15, 0.2) is 11.5 Å². The van der Waals surface area contributed by atoms with Gasteiger partial charge in [0.2, 0.25) is 0 Å². The normalized spacial score (nSPS) is 10.7. The SMILES string of the molecule is COc1ccc(CCNC(=O)c2[nH]c3ccccc3c2NC(=O)c2ccc(C)cc2)cc1OC. The first kappa shape index (κ1) is 22.9. The van der Waals surface area contributed by atoms with Crippen molar-refractivity contribution < 1.29 is 19.1 Å². The number of fused-ring (bicyclic) bond motifs is 1.